The van der Waals surface area contributed by atoms with E-state index in [1.54, 1.807) is 17.9 Å². The molecule has 0 fully saturated rings. The summed E-state index contributed by atoms with van der Waals surface area (Å²) < 4.78 is 2.81. The number of carbonyl (C=O) groups excluding carboxylic acids is 1. The van der Waals surface area contributed by atoms with E-state index in [4.69, 9.17) is 0 Å². The molecule has 0 saturated heterocycles. The van der Waals surface area contributed by atoms with Crippen LogP contribution in [0.5, 0.6) is 0 Å². The first-order valence-corrected chi connectivity index (χ1v) is 7.50. The molecule has 3 heterocycles. The number of aromatic nitrogens is 4. The fourth-order valence-corrected chi connectivity index (χ4v) is 3.25. The van der Waals surface area contributed by atoms with Crippen molar-refractivity contribution in [3.8, 4) is 0 Å². The number of nitrogens with one attached hydrogen (secondary N) is 1. The number of imidazole rings is 1. The van der Waals surface area contributed by atoms with Gasteiger partial charge in [-0.15, -0.1) is 11.3 Å². The number of amides is 1. The molecule has 3 aromatic heterocycles. The summed E-state index contributed by atoms with van der Waals surface area (Å²) >= 11 is 1.45. The lowest BCUT2D eigenvalue weighted by atomic mass is 10.2. The topological polar surface area (TPSA) is 72.7 Å². The zero-order valence-corrected chi connectivity index (χ0v) is 12.5. The molecule has 0 unspecified atom stereocenters. The van der Waals surface area contributed by atoms with Crippen molar-refractivity contribution in [1.29, 1.82) is 0 Å². The molecule has 6 nitrogen and oxygen atoms in total. The van der Waals surface area contributed by atoms with Gasteiger partial charge < -0.3 is 9.88 Å². The first-order valence-electron chi connectivity index (χ1n) is 6.62. The summed E-state index contributed by atoms with van der Waals surface area (Å²) in [5.41, 5.74) is 3.65. The Balaban J connectivity index is 1.75. The molecule has 0 aliphatic carbocycles. The number of hydrogen-bond donors (Lipinski definition) is 1. The van der Waals surface area contributed by atoms with E-state index < -0.39 is 0 Å². The number of carbonyl (C=O) groups is 1. The second kappa shape index (κ2) is 4.88. The van der Waals surface area contributed by atoms with Crippen LogP contribution in [0, 0.1) is 0 Å². The normalized spacial score (nSPS) is 11.1. The van der Waals surface area contributed by atoms with Gasteiger partial charge in [-0.05, 0) is 12.1 Å². The largest absolute Gasteiger partial charge is 0.334 e. The predicted molar refractivity (Wildman–Crippen MR) is 86.1 cm³/mol. The van der Waals surface area contributed by atoms with Crippen LogP contribution in [0.15, 0.2) is 42.4 Å². The summed E-state index contributed by atoms with van der Waals surface area (Å²) in [5, 5.41) is 4.72. The first-order chi connectivity index (χ1) is 10.7. The van der Waals surface area contributed by atoms with Crippen molar-refractivity contribution in [1.82, 2.24) is 19.5 Å². The number of fused-ring (bicyclic) bond motifs is 2. The van der Waals surface area contributed by atoms with Gasteiger partial charge in [0.1, 0.15) is 11.8 Å². The molecule has 1 aromatic carbocycles. The van der Waals surface area contributed by atoms with Crippen LogP contribution in [0.2, 0.25) is 0 Å². The van der Waals surface area contributed by atoms with Crippen LogP contribution in [0.1, 0.15) is 10.4 Å². The molecule has 0 aliphatic heterocycles. The lowest BCUT2D eigenvalue weighted by molar-refractivity contribution is 0.102. The monoisotopic (exact) mass is 309 g/mol. The van der Waals surface area contributed by atoms with Gasteiger partial charge in [0.05, 0.1) is 33.3 Å². The summed E-state index contributed by atoms with van der Waals surface area (Å²) in [4.78, 5) is 25.0. The van der Waals surface area contributed by atoms with Gasteiger partial charge in [-0.3, -0.25) is 4.79 Å². The van der Waals surface area contributed by atoms with Crippen LogP contribution in [0.25, 0.3) is 21.3 Å². The van der Waals surface area contributed by atoms with E-state index in [2.05, 4.69) is 20.3 Å². The summed E-state index contributed by atoms with van der Waals surface area (Å²) in [5.74, 6) is -0.192. The molecule has 1 N–H and O–H groups in total. The Bertz CT molecular complexity index is 1000. The molecule has 22 heavy (non-hydrogen) atoms. The lowest BCUT2D eigenvalue weighted by Crippen LogP contribution is -2.12. The van der Waals surface area contributed by atoms with Crippen molar-refractivity contribution >= 4 is 44.2 Å². The number of aryl methyl sites for hydroxylation is 1. The average molecular weight is 309 g/mol. The van der Waals surface area contributed by atoms with Gasteiger partial charge in [-0.25, -0.2) is 15.0 Å². The number of benzene rings is 1. The maximum Gasteiger partial charge on any atom is 0.258 e. The average Bonchev–Trinajstić information content (AvgIpc) is 3.12. The highest BCUT2D eigenvalue weighted by molar-refractivity contribution is 7.17. The Morgan fingerprint density at radius 2 is 2.18 bits per heavy atom. The second-order valence-corrected chi connectivity index (χ2v) is 5.78. The molecule has 0 atom stereocenters. The number of anilines is 1. The Hall–Kier alpha value is -2.80. The second-order valence-electron chi connectivity index (χ2n) is 4.87. The highest BCUT2D eigenvalue weighted by Crippen LogP contribution is 2.26. The smallest absolute Gasteiger partial charge is 0.258 e. The first kappa shape index (κ1) is 12.9. The Morgan fingerprint density at radius 1 is 1.27 bits per heavy atom. The third kappa shape index (κ3) is 1.94. The van der Waals surface area contributed by atoms with Gasteiger partial charge in [0.15, 0.2) is 0 Å². The molecule has 4 rings (SSSR count). The SMILES string of the molecule is Cn1cnc2c(NC(=O)c3csc4cncnc34)cccc21. The van der Waals surface area contributed by atoms with E-state index in [0.717, 1.165) is 15.7 Å². The molecule has 0 bridgehead atoms. The predicted octanol–water partition coefficient (Wildman–Crippen LogP) is 2.83. The minimum atomic E-state index is -0.192. The van der Waals surface area contributed by atoms with E-state index in [9.17, 15) is 4.79 Å². The van der Waals surface area contributed by atoms with Gasteiger partial charge >= 0.3 is 0 Å². The van der Waals surface area contributed by atoms with Crippen molar-refractivity contribution in [3.05, 3.63) is 48.0 Å². The fraction of sp³-hybridized carbons (Fsp3) is 0.0667. The molecule has 0 spiro atoms. The molecule has 1 amide bonds. The van der Waals surface area contributed by atoms with E-state index in [1.165, 1.54) is 17.7 Å². The molecular weight excluding hydrogens is 298 g/mol. The number of hydrogen-bond acceptors (Lipinski definition) is 5. The zero-order chi connectivity index (χ0) is 15.1. The summed E-state index contributed by atoms with van der Waals surface area (Å²) in [6.45, 7) is 0. The molecule has 0 aliphatic rings. The van der Waals surface area contributed by atoms with Gasteiger partial charge in [0, 0.05) is 18.6 Å². The highest BCUT2D eigenvalue weighted by atomic mass is 32.1. The van der Waals surface area contributed by atoms with Gasteiger partial charge in [-0.1, -0.05) is 6.07 Å². The van der Waals surface area contributed by atoms with Crippen LogP contribution in [0.3, 0.4) is 0 Å². The highest BCUT2D eigenvalue weighted by Gasteiger charge is 2.15. The number of thiophene rings is 1. The van der Waals surface area contributed by atoms with E-state index in [0.29, 0.717) is 16.8 Å². The molecule has 4 aromatic rings. The Kier molecular flexibility index (Phi) is 2.87. The fourth-order valence-electron chi connectivity index (χ4n) is 2.39. The molecule has 7 heteroatoms. The Labute approximate surface area is 129 Å². The van der Waals surface area contributed by atoms with Gasteiger partial charge in [0.2, 0.25) is 0 Å². The van der Waals surface area contributed by atoms with E-state index in [1.807, 2.05) is 29.8 Å². The summed E-state index contributed by atoms with van der Waals surface area (Å²) in [7, 11) is 1.92. The number of para-hydroxylation sites is 1. The zero-order valence-electron chi connectivity index (χ0n) is 11.6. The maximum atomic E-state index is 12.5. The van der Waals surface area contributed by atoms with Crippen molar-refractivity contribution < 1.29 is 4.79 Å². The standard InChI is InChI=1S/C15H11N5OS/c1-20-8-18-14-10(3-2-4-11(14)20)19-15(21)9-6-22-12-5-16-7-17-13(9)12/h2-8H,1H3,(H,19,21). The summed E-state index contributed by atoms with van der Waals surface area (Å²) in [6.07, 6.45) is 4.89. The Morgan fingerprint density at radius 3 is 3.09 bits per heavy atom. The van der Waals surface area contributed by atoms with Crippen LogP contribution < -0.4 is 5.32 Å². The van der Waals surface area contributed by atoms with Crippen LogP contribution in [0.4, 0.5) is 5.69 Å². The van der Waals surface area contributed by atoms with Crippen LogP contribution >= 0.6 is 11.3 Å². The maximum absolute atomic E-state index is 12.5. The third-order valence-electron chi connectivity index (χ3n) is 3.49. The minimum absolute atomic E-state index is 0.192. The van der Waals surface area contributed by atoms with Crippen LogP contribution in [-0.4, -0.2) is 25.4 Å². The quantitative estimate of drug-likeness (QED) is 0.618. The van der Waals surface area contributed by atoms with E-state index >= 15 is 0 Å². The van der Waals surface area contributed by atoms with E-state index in [-0.39, 0.29) is 5.91 Å². The van der Waals surface area contributed by atoms with Crippen molar-refractivity contribution in [3.63, 3.8) is 0 Å². The number of nitrogens with zero attached hydrogens (tertiary/aromatic N) is 4. The third-order valence-corrected chi connectivity index (χ3v) is 4.39. The molecule has 108 valence electrons. The lowest BCUT2D eigenvalue weighted by Gasteiger charge is -2.05. The molecule has 0 radical (unpaired) electrons. The summed E-state index contributed by atoms with van der Waals surface area (Å²) in [6, 6.07) is 5.70. The van der Waals surface area contributed by atoms with Crippen LogP contribution in [-0.2, 0) is 7.05 Å². The number of rotatable bonds is 2. The van der Waals surface area contributed by atoms with Crippen molar-refractivity contribution in [2.45, 2.75) is 0 Å². The molecular formula is C15H11N5OS. The van der Waals surface area contributed by atoms with Gasteiger partial charge in [-0.2, -0.15) is 0 Å². The minimum Gasteiger partial charge on any atom is -0.334 e. The van der Waals surface area contributed by atoms with Gasteiger partial charge in [0.25, 0.3) is 5.91 Å². The molecule has 0 saturated carbocycles. The van der Waals surface area contributed by atoms with Crippen molar-refractivity contribution in [2.75, 3.05) is 5.32 Å². The van der Waals surface area contributed by atoms with Crippen molar-refractivity contribution in [2.24, 2.45) is 7.05 Å².